The van der Waals surface area contributed by atoms with E-state index in [0.717, 1.165) is 23.4 Å². The second-order valence-corrected chi connectivity index (χ2v) is 5.93. The monoisotopic (exact) mass is 265 g/mol. The molecular formula is C16H24ClN. The largest absolute Gasteiger partial charge is 0.316 e. The predicted octanol–water partition coefficient (Wildman–Crippen LogP) is 4.30. The molecule has 1 fully saturated rings. The Bertz CT molecular complexity index is 364. The molecule has 2 atom stereocenters. The van der Waals surface area contributed by atoms with Crippen molar-refractivity contribution in [3.05, 3.63) is 34.9 Å². The van der Waals surface area contributed by atoms with Gasteiger partial charge in [-0.2, -0.15) is 0 Å². The first-order chi connectivity index (χ1) is 8.79. The van der Waals surface area contributed by atoms with E-state index >= 15 is 0 Å². The van der Waals surface area contributed by atoms with E-state index in [1.54, 1.807) is 0 Å². The van der Waals surface area contributed by atoms with Gasteiger partial charge in [-0.25, -0.2) is 0 Å². The third kappa shape index (κ3) is 4.00. The second kappa shape index (κ2) is 7.16. The van der Waals surface area contributed by atoms with Gasteiger partial charge in [-0.05, 0) is 68.3 Å². The number of hydrogen-bond donors (Lipinski definition) is 1. The Morgan fingerprint density at radius 2 is 2.11 bits per heavy atom. The standard InChI is InChI=1S/C16H24ClN/c1-2-9-18-12-15-7-4-6-14(15)10-13-5-3-8-16(17)11-13/h3,5,8,11,14-15,18H,2,4,6-7,9-10,12H2,1H3. The van der Waals surface area contributed by atoms with Crippen molar-refractivity contribution in [3.8, 4) is 0 Å². The Kier molecular flexibility index (Phi) is 5.52. The first-order valence-electron chi connectivity index (χ1n) is 7.24. The molecule has 1 nitrogen and oxygen atoms in total. The van der Waals surface area contributed by atoms with E-state index < -0.39 is 0 Å². The van der Waals surface area contributed by atoms with Crippen LogP contribution < -0.4 is 5.32 Å². The van der Waals surface area contributed by atoms with Gasteiger partial charge in [0.05, 0.1) is 0 Å². The van der Waals surface area contributed by atoms with Gasteiger partial charge >= 0.3 is 0 Å². The van der Waals surface area contributed by atoms with E-state index in [-0.39, 0.29) is 0 Å². The Morgan fingerprint density at radius 1 is 1.28 bits per heavy atom. The summed E-state index contributed by atoms with van der Waals surface area (Å²) >= 11 is 6.06. The first-order valence-corrected chi connectivity index (χ1v) is 7.62. The highest BCUT2D eigenvalue weighted by molar-refractivity contribution is 6.30. The molecule has 100 valence electrons. The van der Waals surface area contributed by atoms with Crippen LogP contribution in [0.4, 0.5) is 0 Å². The van der Waals surface area contributed by atoms with Crippen LogP contribution in [-0.4, -0.2) is 13.1 Å². The summed E-state index contributed by atoms with van der Waals surface area (Å²) in [5.74, 6) is 1.70. The van der Waals surface area contributed by atoms with E-state index in [4.69, 9.17) is 11.6 Å². The third-order valence-corrected chi connectivity index (χ3v) is 4.27. The SMILES string of the molecule is CCCNCC1CCCC1Cc1cccc(Cl)c1. The van der Waals surface area contributed by atoms with Gasteiger partial charge < -0.3 is 5.32 Å². The quantitative estimate of drug-likeness (QED) is 0.757. The van der Waals surface area contributed by atoms with Crippen LogP contribution in [0.1, 0.15) is 38.2 Å². The molecule has 0 aliphatic heterocycles. The van der Waals surface area contributed by atoms with Crippen LogP contribution in [0.3, 0.4) is 0 Å². The summed E-state index contributed by atoms with van der Waals surface area (Å²) in [6, 6.07) is 8.36. The lowest BCUT2D eigenvalue weighted by molar-refractivity contribution is 0.365. The molecule has 0 aromatic heterocycles. The molecule has 0 saturated heterocycles. The molecule has 2 heteroatoms. The molecule has 0 spiro atoms. The summed E-state index contributed by atoms with van der Waals surface area (Å²) in [6.07, 6.45) is 6.58. The highest BCUT2D eigenvalue weighted by Crippen LogP contribution is 2.34. The van der Waals surface area contributed by atoms with Crippen LogP contribution in [0, 0.1) is 11.8 Å². The van der Waals surface area contributed by atoms with Crippen molar-refractivity contribution in [1.82, 2.24) is 5.32 Å². The zero-order chi connectivity index (χ0) is 12.8. The topological polar surface area (TPSA) is 12.0 Å². The van der Waals surface area contributed by atoms with Gasteiger partial charge in [0, 0.05) is 5.02 Å². The zero-order valence-electron chi connectivity index (χ0n) is 11.3. The Balaban J connectivity index is 1.87. The molecule has 18 heavy (non-hydrogen) atoms. The summed E-state index contributed by atoms with van der Waals surface area (Å²) < 4.78 is 0. The Labute approximate surface area is 116 Å². The molecule has 2 rings (SSSR count). The van der Waals surface area contributed by atoms with Crippen LogP contribution in [0.15, 0.2) is 24.3 Å². The van der Waals surface area contributed by atoms with Crippen molar-refractivity contribution in [3.63, 3.8) is 0 Å². The molecule has 1 aromatic carbocycles. The molecule has 1 N–H and O–H groups in total. The normalized spacial score (nSPS) is 23.4. The average Bonchev–Trinajstić information content (AvgIpc) is 2.77. The summed E-state index contributed by atoms with van der Waals surface area (Å²) in [6.45, 7) is 4.57. The maximum Gasteiger partial charge on any atom is 0.0408 e. The van der Waals surface area contributed by atoms with Crippen molar-refractivity contribution in [2.45, 2.75) is 39.0 Å². The number of hydrogen-bond acceptors (Lipinski definition) is 1. The fourth-order valence-corrected chi connectivity index (χ4v) is 3.29. The minimum Gasteiger partial charge on any atom is -0.316 e. The van der Waals surface area contributed by atoms with Crippen LogP contribution >= 0.6 is 11.6 Å². The van der Waals surface area contributed by atoms with Gasteiger partial charge in [0.25, 0.3) is 0 Å². The molecule has 0 heterocycles. The second-order valence-electron chi connectivity index (χ2n) is 5.49. The first kappa shape index (κ1) is 13.9. The lowest BCUT2D eigenvalue weighted by atomic mass is 9.89. The number of benzene rings is 1. The highest BCUT2D eigenvalue weighted by atomic mass is 35.5. The number of nitrogens with one attached hydrogen (secondary N) is 1. The van der Waals surface area contributed by atoms with Gasteiger partial charge in [-0.3, -0.25) is 0 Å². The summed E-state index contributed by atoms with van der Waals surface area (Å²) in [4.78, 5) is 0. The predicted molar refractivity (Wildman–Crippen MR) is 79.1 cm³/mol. The number of halogens is 1. The Hall–Kier alpha value is -0.530. The van der Waals surface area contributed by atoms with Crippen molar-refractivity contribution >= 4 is 11.6 Å². The van der Waals surface area contributed by atoms with Crippen LogP contribution in [0.25, 0.3) is 0 Å². The molecule has 1 aliphatic carbocycles. The van der Waals surface area contributed by atoms with Gasteiger partial charge in [0.15, 0.2) is 0 Å². The lowest BCUT2D eigenvalue weighted by Crippen LogP contribution is -2.26. The van der Waals surface area contributed by atoms with Crippen molar-refractivity contribution in [2.24, 2.45) is 11.8 Å². The fourth-order valence-electron chi connectivity index (χ4n) is 3.08. The fraction of sp³-hybridized carbons (Fsp3) is 0.625. The lowest BCUT2D eigenvalue weighted by Gasteiger charge is -2.20. The molecule has 0 radical (unpaired) electrons. The molecular weight excluding hydrogens is 242 g/mol. The maximum atomic E-state index is 6.06. The molecule has 1 aromatic rings. The molecule has 2 unspecified atom stereocenters. The molecule has 0 bridgehead atoms. The zero-order valence-corrected chi connectivity index (χ0v) is 12.0. The van der Waals surface area contributed by atoms with Gasteiger partial charge in [0.2, 0.25) is 0 Å². The highest BCUT2D eigenvalue weighted by Gasteiger charge is 2.26. The van der Waals surface area contributed by atoms with E-state index in [0.29, 0.717) is 0 Å². The van der Waals surface area contributed by atoms with Crippen molar-refractivity contribution in [2.75, 3.05) is 13.1 Å². The molecule has 0 amide bonds. The minimum absolute atomic E-state index is 0.841. The van der Waals surface area contributed by atoms with Crippen LogP contribution in [-0.2, 0) is 6.42 Å². The molecule has 1 aliphatic rings. The van der Waals surface area contributed by atoms with E-state index in [2.05, 4.69) is 30.4 Å². The van der Waals surface area contributed by atoms with Crippen molar-refractivity contribution < 1.29 is 0 Å². The van der Waals surface area contributed by atoms with Crippen LogP contribution in [0.5, 0.6) is 0 Å². The Morgan fingerprint density at radius 3 is 2.89 bits per heavy atom. The van der Waals surface area contributed by atoms with Crippen LogP contribution in [0.2, 0.25) is 5.02 Å². The summed E-state index contributed by atoms with van der Waals surface area (Å²) in [7, 11) is 0. The summed E-state index contributed by atoms with van der Waals surface area (Å²) in [5.41, 5.74) is 1.40. The van der Waals surface area contributed by atoms with Gasteiger partial charge in [0.1, 0.15) is 0 Å². The van der Waals surface area contributed by atoms with E-state index in [9.17, 15) is 0 Å². The maximum absolute atomic E-state index is 6.06. The minimum atomic E-state index is 0.841. The van der Waals surface area contributed by atoms with Gasteiger partial charge in [-0.15, -0.1) is 0 Å². The molecule has 1 saturated carbocycles. The van der Waals surface area contributed by atoms with E-state index in [1.165, 1.54) is 44.2 Å². The van der Waals surface area contributed by atoms with E-state index in [1.807, 2.05) is 6.07 Å². The number of rotatable bonds is 6. The van der Waals surface area contributed by atoms with Gasteiger partial charge in [-0.1, -0.05) is 37.1 Å². The third-order valence-electron chi connectivity index (χ3n) is 4.04. The smallest absolute Gasteiger partial charge is 0.0408 e. The summed E-state index contributed by atoms with van der Waals surface area (Å²) in [5, 5.41) is 4.44. The van der Waals surface area contributed by atoms with Crippen molar-refractivity contribution in [1.29, 1.82) is 0 Å². The average molecular weight is 266 g/mol.